The second-order valence-electron chi connectivity index (χ2n) is 1.53. The van der Waals surface area contributed by atoms with Crippen LogP contribution in [-0.4, -0.2) is 24.5 Å². The van der Waals surface area contributed by atoms with E-state index in [1.54, 1.807) is 7.05 Å². The second kappa shape index (κ2) is 3.81. The predicted octanol–water partition coefficient (Wildman–Crippen LogP) is 0.137. The number of rotatable bonds is 0. The molecule has 0 unspecified atom stereocenters. The molecule has 1 rings (SSSR count). The van der Waals surface area contributed by atoms with E-state index in [2.05, 4.69) is 5.43 Å². The van der Waals surface area contributed by atoms with Crippen LogP contribution in [0.2, 0.25) is 0 Å². The number of amides is 1. The van der Waals surface area contributed by atoms with Gasteiger partial charge in [-0.25, -0.2) is 0 Å². The molecule has 1 aliphatic heterocycles. The maximum atomic E-state index is 10.4. The predicted molar refractivity (Wildman–Crippen MR) is 25.6 cm³/mol. The Morgan fingerprint density at radius 1 is 1.75 bits per heavy atom. The molecule has 0 aromatic rings. The van der Waals surface area contributed by atoms with Crippen LogP contribution in [0.1, 0.15) is 6.42 Å². The van der Waals surface area contributed by atoms with Gasteiger partial charge in [-0.3, -0.25) is 4.79 Å². The summed E-state index contributed by atoms with van der Waals surface area (Å²) in [6, 6.07) is 0. The molecule has 0 spiro atoms. The Morgan fingerprint density at radius 2 is 2.38 bits per heavy atom. The first kappa shape index (κ1) is 8.87. The van der Waals surface area contributed by atoms with E-state index in [0.29, 0.717) is 13.0 Å². The molecule has 3 nitrogen and oxygen atoms in total. The molecule has 0 aliphatic carbocycles. The molecule has 8 heavy (non-hydrogen) atoms. The van der Waals surface area contributed by atoms with Crippen LogP contribution in [0.5, 0.6) is 0 Å². The maximum absolute atomic E-state index is 10.4. The Labute approximate surface area is 84.3 Å². The van der Waals surface area contributed by atoms with Gasteiger partial charge in [0.25, 0.3) is 0 Å². The normalized spacial score (nSPS) is 18.6. The Hall–Kier alpha value is 0.872. The van der Waals surface area contributed by atoms with Gasteiger partial charge in [0.05, 0.1) is 0 Å². The minimum Gasteiger partial charge on any atom is -0.566 e. The zero-order chi connectivity index (χ0) is 5.28. The molecule has 0 N–H and O–H groups in total. The fraction of sp³-hybridized carbons (Fsp3) is 0.750. The number of hydrogen-bond acceptors (Lipinski definition) is 1. The molecule has 43 valence electrons. The smallest absolute Gasteiger partial charge is 0.203 e. The van der Waals surface area contributed by atoms with Crippen LogP contribution in [0.3, 0.4) is 0 Å². The molecule has 0 aromatic carbocycles. The molecule has 0 atom stereocenters. The van der Waals surface area contributed by atoms with Crippen molar-refractivity contribution in [3.8, 4) is 0 Å². The molecule has 1 saturated heterocycles. The Bertz CT molecular complexity index is 96.0. The molecule has 1 amide bonds. The summed E-state index contributed by atoms with van der Waals surface area (Å²) in [4.78, 5) is 10.4. The van der Waals surface area contributed by atoms with E-state index in [1.807, 2.05) is 0 Å². The van der Waals surface area contributed by atoms with Crippen molar-refractivity contribution >= 4 is 5.91 Å². The summed E-state index contributed by atoms with van der Waals surface area (Å²) in [5, 5.41) is 1.39. The minimum absolute atomic E-state index is 0. The average Bonchev–Trinajstić information content (AvgIpc) is 1.91. The third-order valence-electron chi connectivity index (χ3n) is 0.999. The molecule has 1 radical (unpaired) electrons. The van der Waals surface area contributed by atoms with Crippen molar-refractivity contribution in [1.29, 1.82) is 0 Å². The largest absolute Gasteiger partial charge is 0.566 e. The zero-order valence-corrected chi connectivity index (χ0v) is 9.54. The van der Waals surface area contributed by atoms with Gasteiger partial charge in [-0.05, 0) is 7.05 Å². The molecular formula is C4H7AcN2O-. The molecular weight excluding hydrogens is 319 g/mol. The second-order valence-corrected chi connectivity index (χ2v) is 1.53. The summed E-state index contributed by atoms with van der Waals surface area (Å²) >= 11 is 0. The van der Waals surface area contributed by atoms with Crippen molar-refractivity contribution in [2.75, 3.05) is 13.6 Å². The summed E-state index contributed by atoms with van der Waals surface area (Å²) in [5.74, 6) is 0.125. The quantitative estimate of drug-likeness (QED) is 0.624. The molecule has 0 bridgehead atoms. The summed E-state index contributed by atoms with van der Waals surface area (Å²) in [6.45, 7) is 0.676. The van der Waals surface area contributed by atoms with Gasteiger partial charge in [-0.2, -0.15) is 0 Å². The van der Waals surface area contributed by atoms with Crippen LogP contribution >= 0.6 is 0 Å². The number of nitrogens with zero attached hydrogens (tertiary/aromatic N) is 2. The van der Waals surface area contributed by atoms with Crippen LogP contribution in [0.25, 0.3) is 5.43 Å². The fourth-order valence-electron chi connectivity index (χ4n) is 0.536. The van der Waals surface area contributed by atoms with Crippen LogP contribution in [0.15, 0.2) is 0 Å². The van der Waals surface area contributed by atoms with Crippen LogP contribution in [-0.2, 0) is 4.79 Å². The van der Waals surface area contributed by atoms with Gasteiger partial charge in [0.1, 0.15) is 0 Å². The molecule has 1 aliphatic rings. The van der Waals surface area contributed by atoms with Crippen molar-refractivity contribution in [1.82, 2.24) is 5.01 Å². The van der Waals surface area contributed by atoms with Gasteiger partial charge >= 0.3 is 0 Å². The first-order valence-electron chi connectivity index (χ1n) is 2.24. The topological polar surface area (TPSA) is 34.4 Å². The van der Waals surface area contributed by atoms with Crippen molar-refractivity contribution in [2.24, 2.45) is 0 Å². The van der Waals surface area contributed by atoms with Crippen LogP contribution < -0.4 is 0 Å². The van der Waals surface area contributed by atoms with Crippen molar-refractivity contribution in [3.05, 3.63) is 5.43 Å². The number of carbonyl (C=O) groups is 1. The monoisotopic (exact) mass is 326 g/mol. The first-order chi connectivity index (χ1) is 3.30. The van der Waals surface area contributed by atoms with Gasteiger partial charge in [0.2, 0.25) is 5.91 Å². The van der Waals surface area contributed by atoms with E-state index >= 15 is 0 Å². The van der Waals surface area contributed by atoms with Gasteiger partial charge in [-0.1, -0.05) is 0 Å². The molecule has 4 heteroatoms. The van der Waals surface area contributed by atoms with Crippen molar-refractivity contribution in [3.63, 3.8) is 0 Å². The van der Waals surface area contributed by atoms with E-state index < -0.39 is 0 Å². The number of hydrogen-bond donors (Lipinski definition) is 0. The molecule has 1 heterocycles. The average molecular weight is 326 g/mol. The van der Waals surface area contributed by atoms with E-state index in [0.717, 1.165) is 0 Å². The Balaban J connectivity index is 0.000000490. The Morgan fingerprint density at radius 3 is 2.50 bits per heavy atom. The van der Waals surface area contributed by atoms with Gasteiger partial charge in [-0.15, -0.1) is 6.54 Å². The summed E-state index contributed by atoms with van der Waals surface area (Å²) in [7, 11) is 1.68. The van der Waals surface area contributed by atoms with Gasteiger partial charge < -0.3 is 10.4 Å². The summed E-state index contributed by atoms with van der Waals surface area (Å²) in [6.07, 6.45) is 0.594. The number of carbonyl (C=O) groups excluding carboxylic acids is 1. The first-order valence-corrected chi connectivity index (χ1v) is 2.24. The summed E-state index contributed by atoms with van der Waals surface area (Å²) in [5.41, 5.74) is 3.80. The maximum Gasteiger partial charge on any atom is 0.203 e. The van der Waals surface area contributed by atoms with E-state index in [1.165, 1.54) is 5.01 Å². The third kappa shape index (κ3) is 2.00. The minimum atomic E-state index is 0. The van der Waals surface area contributed by atoms with Crippen molar-refractivity contribution in [2.45, 2.75) is 6.42 Å². The van der Waals surface area contributed by atoms with Crippen LogP contribution in [0.4, 0.5) is 0 Å². The van der Waals surface area contributed by atoms with Crippen molar-refractivity contribution < 1.29 is 48.9 Å². The fourth-order valence-corrected chi connectivity index (χ4v) is 0.536. The Kier molecular flexibility index (Phi) is 4.23. The zero-order valence-electron chi connectivity index (χ0n) is 4.79. The standard InChI is InChI=1S/C4H7N2O.Ac/c1-6-4(7)2-3-5-6;/h2-3H2,1H3;/q-1;. The SMILES string of the molecule is CN1[N-]CCC1=O.[Ac]. The molecule has 1 fully saturated rings. The molecule has 0 aromatic heterocycles. The molecule has 0 saturated carbocycles. The third-order valence-corrected chi connectivity index (χ3v) is 0.999. The van der Waals surface area contributed by atoms with E-state index in [9.17, 15) is 4.79 Å². The summed E-state index contributed by atoms with van der Waals surface area (Å²) < 4.78 is 0. The van der Waals surface area contributed by atoms with E-state index in [4.69, 9.17) is 0 Å². The van der Waals surface area contributed by atoms with Gasteiger partial charge in [0, 0.05) is 50.5 Å². The van der Waals surface area contributed by atoms with Gasteiger partial charge in [0.15, 0.2) is 0 Å². The van der Waals surface area contributed by atoms with E-state index in [-0.39, 0.29) is 50.0 Å². The van der Waals surface area contributed by atoms with Crippen LogP contribution in [0, 0.1) is 44.1 Å².